The van der Waals surface area contributed by atoms with Gasteiger partial charge >= 0.3 is 0 Å². The average Bonchev–Trinajstić information content (AvgIpc) is 3.17. The fourth-order valence-corrected chi connectivity index (χ4v) is 1.84. The molecule has 19 heavy (non-hydrogen) atoms. The summed E-state index contributed by atoms with van der Waals surface area (Å²) in [5, 5.41) is 9.49. The summed E-state index contributed by atoms with van der Waals surface area (Å²) in [5.74, 6) is 1.67. The number of amides is 1. The maximum atomic E-state index is 12.0. The van der Waals surface area contributed by atoms with E-state index < -0.39 is 0 Å². The van der Waals surface area contributed by atoms with Crippen molar-refractivity contribution in [3.63, 3.8) is 0 Å². The van der Waals surface area contributed by atoms with Crippen molar-refractivity contribution in [2.45, 2.75) is 18.8 Å². The van der Waals surface area contributed by atoms with Crippen LogP contribution in [-0.4, -0.2) is 28.2 Å². The van der Waals surface area contributed by atoms with Crippen LogP contribution in [0.3, 0.4) is 0 Å². The molecule has 2 aromatic rings. The van der Waals surface area contributed by atoms with Crippen molar-refractivity contribution in [3.8, 4) is 5.75 Å². The first kappa shape index (κ1) is 11.7. The molecular weight excluding hydrogens is 244 g/mol. The summed E-state index contributed by atoms with van der Waals surface area (Å²) in [7, 11) is 1.56. The van der Waals surface area contributed by atoms with Gasteiger partial charge < -0.3 is 10.1 Å². The minimum absolute atomic E-state index is 0.160. The molecule has 0 spiro atoms. The van der Waals surface area contributed by atoms with E-state index in [9.17, 15) is 4.79 Å². The number of ether oxygens (including phenoxy) is 1. The van der Waals surface area contributed by atoms with Crippen molar-refractivity contribution >= 4 is 11.6 Å². The van der Waals surface area contributed by atoms with Crippen molar-refractivity contribution in [3.05, 3.63) is 35.9 Å². The van der Waals surface area contributed by atoms with E-state index in [-0.39, 0.29) is 11.7 Å². The van der Waals surface area contributed by atoms with Crippen LogP contribution in [0.4, 0.5) is 5.69 Å². The predicted molar refractivity (Wildman–Crippen MR) is 69.3 cm³/mol. The van der Waals surface area contributed by atoms with E-state index in [0.29, 0.717) is 17.4 Å². The first-order valence-electron chi connectivity index (χ1n) is 6.14. The van der Waals surface area contributed by atoms with E-state index >= 15 is 0 Å². The molecule has 3 rings (SSSR count). The second-order valence-corrected chi connectivity index (χ2v) is 4.47. The van der Waals surface area contributed by atoms with Crippen LogP contribution in [0.25, 0.3) is 0 Å². The SMILES string of the molecule is COc1ccccc1NC(=O)c1n[nH]c(C2CC2)n1. The number of H-pyrrole nitrogens is 1. The quantitative estimate of drug-likeness (QED) is 0.878. The van der Waals surface area contributed by atoms with Gasteiger partial charge in [-0.15, -0.1) is 5.10 Å². The predicted octanol–water partition coefficient (Wildman–Crippen LogP) is 1.94. The van der Waals surface area contributed by atoms with Crippen molar-refractivity contribution in [2.24, 2.45) is 0 Å². The van der Waals surface area contributed by atoms with E-state index in [0.717, 1.165) is 18.7 Å². The highest BCUT2D eigenvalue weighted by atomic mass is 16.5. The molecule has 1 aromatic heterocycles. The van der Waals surface area contributed by atoms with E-state index in [1.807, 2.05) is 12.1 Å². The molecule has 1 heterocycles. The zero-order chi connectivity index (χ0) is 13.2. The standard InChI is InChI=1S/C13H14N4O2/c1-19-10-5-3-2-4-9(10)14-13(18)12-15-11(16-17-12)8-6-7-8/h2-5,8H,6-7H2,1H3,(H,14,18)(H,15,16,17). The lowest BCUT2D eigenvalue weighted by molar-refractivity contribution is 0.101. The van der Waals surface area contributed by atoms with Gasteiger partial charge in [-0.3, -0.25) is 9.89 Å². The Kier molecular flexibility index (Phi) is 2.91. The summed E-state index contributed by atoms with van der Waals surface area (Å²) in [5.41, 5.74) is 0.604. The van der Waals surface area contributed by atoms with Gasteiger partial charge in [0.25, 0.3) is 5.91 Å². The Hall–Kier alpha value is -2.37. The molecule has 1 saturated carbocycles. The fraction of sp³-hybridized carbons (Fsp3) is 0.308. The molecule has 2 N–H and O–H groups in total. The highest BCUT2D eigenvalue weighted by Gasteiger charge is 2.28. The number of hydrogen-bond donors (Lipinski definition) is 2. The van der Waals surface area contributed by atoms with Gasteiger partial charge in [-0.05, 0) is 25.0 Å². The molecule has 6 heteroatoms. The molecule has 0 bridgehead atoms. The number of anilines is 1. The lowest BCUT2D eigenvalue weighted by Crippen LogP contribution is -2.14. The largest absolute Gasteiger partial charge is 0.495 e. The number of nitrogens with zero attached hydrogens (tertiary/aromatic N) is 2. The molecule has 1 fully saturated rings. The van der Waals surface area contributed by atoms with Gasteiger partial charge in [0.05, 0.1) is 12.8 Å². The van der Waals surface area contributed by atoms with Gasteiger partial charge in [-0.1, -0.05) is 12.1 Å². The lowest BCUT2D eigenvalue weighted by atomic mass is 10.3. The number of carbonyl (C=O) groups is 1. The molecule has 1 aliphatic rings. The Morgan fingerprint density at radius 2 is 2.21 bits per heavy atom. The normalized spacial score (nSPS) is 14.2. The van der Waals surface area contributed by atoms with E-state index in [4.69, 9.17) is 4.74 Å². The summed E-state index contributed by atoms with van der Waals surface area (Å²) in [4.78, 5) is 16.2. The molecule has 1 aliphatic carbocycles. The average molecular weight is 258 g/mol. The number of rotatable bonds is 4. The molecule has 0 aliphatic heterocycles. The number of hydrogen-bond acceptors (Lipinski definition) is 4. The van der Waals surface area contributed by atoms with Crippen LogP contribution in [0.15, 0.2) is 24.3 Å². The maximum Gasteiger partial charge on any atom is 0.295 e. The monoisotopic (exact) mass is 258 g/mol. The Morgan fingerprint density at radius 3 is 2.95 bits per heavy atom. The van der Waals surface area contributed by atoms with Gasteiger partial charge in [-0.2, -0.15) is 0 Å². The van der Waals surface area contributed by atoms with Crippen LogP contribution in [0.1, 0.15) is 35.2 Å². The molecule has 98 valence electrons. The van der Waals surface area contributed by atoms with Gasteiger partial charge in [0, 0.05) is 5.92 Å². The molecule has 6 nitrogen and oxygen atoms in total. The molecular formula is C13H14N4O2. The lowest BCUT2D eigenvalue weighted by Gasteiger charge is -2.07. The number of para-hydroxylation sites is 2. The molecule has 1 aromatic carbocycles. The Balaban J connectivity index is 1.76. The van der Waals surface area contributed by atoms with Gasteiger partial charge in [0.1, 0.15) is 11.6 Å². The molecule has 0 atom stereocenters. The summed E-state index contributed by atoms with van der Waals surface area (Å²) < 4.78 is 5.17. The molecule has 0 unspecified atom stereocenters. The maximum absolute atomic E-state index is 12.0. The molecule has 0 saturated heterocycles. The van der Waals surface area contributed by atoms with Crippen LogP contribution in [0, 0.1) is 0 Å². The first-order chi connectivity index (χ1) is 9.28. The summed E-state index contributed by atoms with van der Waals surface area (Å²) >= 11 is 0. The second-order valence-electron chi connectivity index (χ2n) is 4.47. The highest BCUT2D eigenvalue weighted by Crippen LogP contribution is 2.37. The number of carbonyl (C=O) groups excluding carboxylic acids is 1. The van der Waals surface area contributed by atoms with Crippen LogP contribution < -0.4 is 10.1 Å². The van der Waals surface area contributed by atoms with E-state index in [2.05, 4.69) is 20.5 Å². The number of nitrogens with one attached hydrogen (secondary N) is 2. The van der Waals surface area contributed by atoms with Crippen molar-refractivity contribution < 1.29 is 9.53 Å². The van der Waals surface area contributed by atoms with Gasteiger partial charge in [0.2, 0.25) is 5.82 Å². The molecule has 1 amide bonds. The third-order valence-electron chi connectivity index (χ3n) is 3.03. The van der Waals surface area contributed by atoms with Gasteiger partial charge in [-0.25, -0.2) is 4.98 Å². The van der Waals surface area contributed by atoms with E-state index in [1.54, 1.807) is 19.2 Å². The minimum atomic E-state index is -0.340. The van der Waals surface area contributed by atoms with Gasteiger partial charge in [0.15, 0.2) is 0 Å². The third kappa shape index (κ3) is 2.42. The van der Waals surface area contributed by atoms with Crippen molar-refractivity contribution in [1.82, 2.24) is 15.2 Å². The minimum Gasteiger partial charge on any atom is -0.495 e. The number of aromatic nitrogens is 3. The van der Waals surface area contributed by atoms with Crippen molar-refractivity contribution in [1.29, 1.82) is 0 Å². The summed E-state index contributed by atoms with van der Waals surface area (Å²) in [6.07, 6.45) is 2.23. The first-order valence-corrected chi connectivity index (χ1v) is 6.14. The second kappa shape index (κ2) is 4.72. The topological polar surface area (TPSA) is 79.9 Å². The molecule has 0 radical (unpaired) electrons. The van der Waals surface area contributed by atoms with Crippen molar-refractivity contribution in [2.75, 3.05) is 12.4 Å². The van der Waals surface area contributed by atoms with Crippen LogP contribution >= 0.6 is 0 Å². The van der Waals surface area contributed by atoms with Crippen LogP contribution in [0.2, 0.25) is 0 Å². The number of benzene rings is 1. The Morgan fingerprint density at radius 1 is 1.42 bits per heavy atom. The summed E-state index contributed by atoms with van der Waals surface area (Å²) in [6, 6.07) is 7.21. The van der Waals surface area contributed by atoms with E-state index in [1.165, 1.54) is 0 Å². The smallest absolute Gasteiger partial charge is 0.295 e. The Bertz CT molecular complexity index is 604. The summed E-state index contributed by atoms with van der Waals surface area (Å²) in [6.45, 7) is 0. The zero-order valence-corrected chi connectivity index (χ0v) is 10.5. The zero-order valence-electron chi connectivity index (χ0n) is 10.5. The van der Waals surface area contributed by atoms with Crippen LogP contribution in [0.5, 0.6) is 5.75 Å². The fourth-order valence-electron chi connectivity index (χ4n) is 1.84. The third-order valence-corrected chi connectivity index (χ3v) is 3.03. The number of methoxy groups -OCH3 is 1. The van der Waals surface area contributed by atoms with Crippen LogP contribution in [-0.2, 0) is 0 Å². The highest BCUT2D eigenvalue weighted by molar-refractivity contribution is 6.02. The number of aromatic amines is 1. The Labute approximate surface area is 110 Å².